The second-order valence-corrected chi connectivity index (χ2v) is 7.44. The first-order valence-electron chi connectivity index (χ1n) is 9.14. The predicted molar refractivity (Wildman–Crippen MR) is 120 cm³/mol. The van der Waals surface area contributed by atoms with Crippen LogP contribution in [0.4, 0.5) is 11.4 Å². The van der Waals surface area contributed by atoms with Gasteiger partial charge in [0.25, 0.3) is 0 Å². The number of carbonyl (C=O) groups is 1. The molecule has 1 saturated heterocycles. The molecule has 1 aliphatic rings. The van der Waals surface area contributed by atoms with Gasteiger partial charge < -0.3 is 23.8 Å². The van der Waals surface area contributed by atoms with Gasteiger partial charge in [-0.2, -0.15) is 0 Å². The van der Waals surface area contributed by atoms with Crippen LogP contribution in [0.2, 0.25) is 0 Å². The standard InChI is InChI=1S/C21H23IN2O5/c1-26-19-12-15(11-18(22)21(19)29-14-20(25)27-2)13-23-16-3-5-17(6-4-16)24-7-9-28-10-8-24/h3-6,11-13H,7-10,14H2,1-2H3. The van der Waals surface area contributed by atoms with Crippen molar-refractivity contribution in [3.8, 4) is 11.5 Å². The number of nitrogens with zero attached hydrogens (tertiary/aromatic N) is 2. The summed E-state index contributed by atoms with van der Waals surface area (Å²) in [5.41, 5.74) is 2.91. The third kappa shape index (κ3) is 5.83. The molecule has 1 heterocycles. The number of hydrogen-bond acceptors (Lipinski definition) is 7. The first-order chi connectivity index (χ1) is 14.1. The van der Waals surface area contributed by atoms with Gasteiger partial charge in [0.2, 0.25) is 0 Å². The van der Waals surface area contributed by atoms with Crippen molar-refractivity contribution in [3.63, 3.8) is 0 Å². The molecule has 0 spiro atoms. The van der Waals surface area contributed by atoms with E-state index in [1.54, 1.807) is 13.3 Å². The Balaban J connectivity index is 1.71. The van der Waals surface area contributed by atoms with Gasteiger partial charge in [-0.1, -0.05) is 0 Å². The summed E-state index contributed by atoms with van der Waals surface area (Å²) in [4.78, 5) is 18.2. The number of rotatable bonds is 7. The van der Waals surface area contributed by atoms with Crippen LogP contribution in [0.25, 0.3) is 0 Å². The van der Waals surface area contributed by atoms with Crippen molar-refractivity contribution in [1.82, 2.24) is 0 Å². The molecule has 1 fully saturated rings. The summed E-state index contributed by atoms with van der Waals surface area (Å²) in [5, 5.41) is 0. The number of morpholine rings is 1. The summed E-state index contributed by atoms with van der Waals surface area (Å²) in [7, 11) is 2.88. The van der Waals surface area contributed by atoms with E-state index in [4.69, 9.17) is 14.2 Å². The SMILES string of the molecule is COC(=O)COc1c(I)cc(C=Nc2ccc(N3CCOCC3)cc2)cc1OC. The highest BCUT2D eigenvalue weighted by Crippen LogP contribution is 2.33. The first-order valence-corrected chi connectivity index (χ1v) is 10.2. The maximum Gasteiger partial charge on any atom is 0.343 e. The number of esters is 1. The predicted octanol–water partition coefficient (Wildman–Crippen LogP) is 3.44. The Morgan fingerprint density at radius 1 is 1.21 bits per heavy atom. The molecular weight excluding hydrogens is 487 g/mol. The van der Waals surface area contributed by atoms with Gasteiger partial charge in [-0.05, 0) is 64.6 Å². The minimum Gasteiger partial charge on any atom is -0.493 e. The van der Waals surface area contributed by atoms with E-state index in [2.05, 4.69) is 49.4 Å². The zero-order valence-corrected chi connectivity index (χ0v) is 18.5. The molecular formula is C21H23IN2O5. The highest BCUT2D eigenvalue weighted by molar-refractivity contribution is 14.1. The lowest BCUT2D eigenvalue weighted by molar-refractivity contribution is -0.142. The second-order valence-electron chi connectivity index (χ2n) is 6.27. The third-order valence-electron chi connectivity index (χ3n) is 4.40. The Kier molecular flexibility index (Phi) is 7.70. The monoisotopic (exact) mass is 510 g/mol. The lowest BCUT2D eigenvalue weighted by atomic mass is 10.2. The van der Waals surface area contributed by atoms with Crippen molar-refractivity contribution in [2.24, 2.45) is 4.99 Å². The molecule has 29 heavy (non-hydrogen) atoms. The van der Waals surface area contributed by atoms with Gasteiger partial charge in [0.15, 0.2) is 18.1 Å². The fourth-order valence-electron chi connectivity index (χ4n) is 2.86. The number of halogens is 1. The van der Waals surface area contributed by atoms with Crippen LogP contribution in [0.5, 0.6) is 11.5 Å². The zero-order valence-electron chi connectivity index (χ0n) is 16.4. The summed E-state index contributed by atoms with van der Waals surface area (Å²) >= 11 is 2.14. The van der Waals surface area contributed by atoms with E-state index < -0.39 is 5.97 Å². The molecule has 7 nitrogen and oxygen atoms in total. The molecule has 0 aliphatic carbocycles. The van der Waals surface area contributed by atoms with Crippen molar-refractivity contribution < 1.29 is 23.7 Å². The number of carbonyl (C=O) groups excluding carboxylic acids is 1. The lowest BCUT2D eigenvalue weighted by Gasteiger charge is -2.28. The van der Waals surface area contributed by atoms with Crippen molar-refractivity contribution in [2.75, 3.05) is 52.0 Å². The summed E-state index contributed by atoms with van der Waals surface area (Å²) in [6.45, 7) is 3.17. The average molecular weight is 510 g/mol. The molecule has 1 aliphatic heterocycles. The number of methoxy groups -OCH3 is 2. The van der Waals surface area contributed by atoms with E-state index in [0.717, 1.165) is 41.1 Å². The fourth-order valence-corrected chi connectivity index (χ4v) is 3.65. The van der Waals surface area contributed by atoms with E-state index in [1.165, 1.54) is 12.8 Å². The van der Waals surface area contributed by atoms with Gasteiger partial charge in [0.1, 0.15) is 0 Å². The molecule has 2 aromatic carbocycles. The fraction of sp³-hybridized carbons (Fsp3) is 0.333. The van der Waals surface area contributed by atoms with Gasteiger partial charge in [-0.3, -0.25) is 4.99 Å². The van der Waals surface area contributed by atoms with Crippen LogP contribution in [0.15, 0.2) is 41.4 Å². The normalized spacial score (nSPS) is 14.1. The highest BCUT2D eigenvalue weighted by atomic mass is 127. The Hall–Kier alpha value is -2.33. The van der Waals surface area contributed by atoms with Crippen molar-refractivity contribution in [2.45, 2.75) is 0 Å². The molecule has 0 unspecified atom stereocenters. The molecule has 8 heteroatoms. The van der Waals surface area contributed by atoms with Crippen LogP contribution in [0.3, 0.4) is 0 Å². The van der Waals surface area contributed by atoms with Crippen molar-refractivity contribution in [1.29, 1.82) is 0 Å². The Bertz CT molecular complexity index is 864. The van der Waals surface area contributed by atoms with E-state index in [-0.39, 0.29) is 6.61 Å². The number of ether oxygens (including phenoxy) is 4. The van der Waals surface area contributed by atoms with Crippen molar-refractivity contribution in [3.05, 3.63) is 45.5 Å². The Labute approximate surface area is 183 Å². The van der Waals surface area contributed by atoms with Crippen LogP contribution < -0.4 is 14.4 Å². The van der Waals surface area contributed by atoms with Gasteiger partial charge in [-0.25, -0.2) is 4.79 Å². The van der Waals surface area contributed by atoms with Crippen LogP contribution in [-0.4, -0.2) is 59.3 Å². The lowest BCUT2D eigenvalue weighted by Crippen LogP contribution is -2.36. The Morgan fingerprint density at radius 2 is 1.93 bits per heavy atom. The minimum absolute atomic E-state index is 0.175. The van der Waals surface area contributed by atoms with Crippen LogP contribution in [-0.2, 0) is 14.3 Å². The number of aliphatic imine (C=N–C) groups is 1. The summed E-state index contributed by atoms with van der Waals surface area (Å²) in [6, 6.07) is 11.9. The topological polar surface area (TPSA) is 69.6 Å². The molecule has 154 valence electrons. The first kappa shape index (κ1) is 21.4. The molecule has 0 amide bonds. The molecule has 0 saturated carbocycles. The number of anilines is 1. The molecule has 0 atom stereocenters. The van der Waals surface area contributed by atoms with Gasteiger partial charge >= 0.3 is 5.97 Å². The van der Waals surface area contributed by atoms with Crippen LogP contribution in [0, 0.1) is 3.57 Å². The maximum absolute atomic E-state index is 11.3. The van der Waals surface area contributed by atoms with Crippen LogP contribution in [0.1, 0.15) is 5.56 Å². The molecule has 2 aromatic rings. The molecule has 3 rings (SSSR count). The van der Waals surface area contributed by atoms with E-state index in [0.29, 0.717) is 11.5 Å². The Morgan fingerprint density at radius 3 is 2.59 bits per heavy atom. The molecule has 0 aromatic heterocycles. The molecule has 0 N–H and O–H groups in total. The van der Waals surface area contributed by atoms with E-state index in [1.807, 2.05) is 24.3 Å². The molecule has 0 bridgehead atoms. The highest BCUT2D eigenvalue weighted by Gasteiger charge is 2.13. The summed E-state index contributed by atoms with van der Waals surface area (Å²) in [6.07, 6.45) is 1.78. The largest absolute Gasteiger partial charge is 0.493 e. The minimum atomic E-state index is -0.450. The van der Waals surface area contributed by atoms with E-state index in [9.17, 15) is 4.79 Å². The van der Waals surface area contributed by atoms with Crippen LogP contribution >= 0.6 is 22.6 Å². The van der Waals surface area contributed by atoms with Gasteiger partial charge in [0, 0.05) is 25.0 Å². The van der Waals surface area contributed by atoms with Gasteiger partial charge in [0.05, 0.1) is 36.7 Å². The third-order valence-corrected chi connectivity index (χ3v) is 5.20. The summed E-state index contributed by atoms with van der Waals surface area (Å²) < 4.78 is 21.8. The second kappa shape index (κ2) is 10.4. The average Bonchev–Trinajstić information content (AvgIpc) is 2.77. The molecule has 0 radical (unpaired) electrons. The van der Waals surface area contributed by atoms with E-state index >= 15 is 0 Å². The number of benzene rings is 2. The number of hydrogen-bond donors (Lipinski definition) is 0. The van der Waals surface area contributed by atoms with Gasteiger partial charge in [-0.15, -0.1) is 0 Å². The quantitative estimate of drug-likeness (QED) is 0.323. The smallest absolute Gasteiger partial charge is 0.343 e. The van der Waals surface area contributed by atoms with Crippen molar-refractivity contribution >= 4 is 46.1 Å². The summed E-state index contributed by atoms with van der Waals surface area (Å²) in [5.74, 6) is 0.587. The zero-order chi connectivity index (χ0) is 20.6. The maximum atomic E-state index is 11.3.